The van der Waals surface area contributed by atoms with E-state index in [-0.39, 0.29) is 17.4 Å². The predicted molar refractivity (Wildman–Crippen MR) is 126 cm³/mol. The van der Waals surface area contributed by atoms with Crippen LogP contribution >= 0.6 is 7.92 Å². The standard InChI is InChI=1S/C26H33O2P/c1-19-16-17-26(6,20(19)2)29(21-12-9-8-10-13-21)23-15-11-14-22(25(3,4)5)24(23)28-18-27-7/h8-17H,18H2,1-7H3. The van der Waals surface area contributed by atoms with E-state index in [1.54, 1.807) is 7.11 Å². The van der Waals surface area contributed by atoms with Crippen LogP contribution < -0.4 is 15.3 Å². The Hall–Kier alpha value is -1.89. The van der Waals surface area contributed by atoms with Gasteiger partial charge in [0.25, 0.3) is 0 Å². The van der Waals surface area contributed by atoms with Gasteiger partial charge >= 0.3 is 0 Å². The molecule has 29 heavy (non-hydrogen) atoms. The predicted octanol–water partition coefficient (Wildman–Crippen LogP) is 6.06. The molecule has 3 rings (SSSR count). The number of methoxy groups -OCH3 is 1. The van der Waals surface area contributed by atoms with Crippen molar-refractivity contribution in [3.63, 3.8) is 0 Å². The minimum Gasteiger partial charge on any atom is -0.467 e. The first kappa shape index (κ1) is 21.8. The highest BCUT2D eigenvalue weighted by Crippen LogP contribution is 2.57. The molecule has 0 heterocycles. The summed E-state index contributed by atoms with van der Waals surface area (Å²) in [5.41, 5.74) is 4.00. The Bertz CT molecular complexity index is 921. The second-order valence-electron chi connectivity index (χ2n) is 8.91. The molecule has 0 amide bonds. The molecule has 2 aromatic carbocycles. The first-order chi connectivity index (χ1) is 13.7. The minimum absolute atomic E-state index is 0.0238. The number of para-hydroxylation sites is 1. The molecule has 0 radical (unpaired) electrons. The molecule has 0 spiro atoms. The van der Waals surface area contributed by atoms with Crippen molar-refractivity contribution in [2.24, 2.45) is 0 Å². The minimum atomic E-state index is -0.726. The van der Waals surface area contributed by atoms with Gasteiger partial charge in [-0.3, -0.25) is 0 Å². The first-order valence-corrected chi connectivity index (χ1v) is 11.5. The molecule has 0 aromatic heterocycles. The summed E-state index contributed by atoms with van der Waals surface area (Å²) in [6, 6.07) is 17.5. The smallest absolute Gasteiger partial charge is 0.188 e. The molecule has 0 bridgehead atoms. The van der Waals surface area contributed by atoms with Gasteiger partial charge in [0, 0.05) is 23.1 Å². The van der Waals surface area contributed by atoms with Gasteiger partial charge in [0.05, 0.1) is 0 Å². The fraction of sp³-hybridized carbons (Fsp3) is 0.385. The summed E-state index contributed by atoms with van der Waals surface area (Å²) < 4.78 is 11.6. The van der Waals surface area contributed by atoms with E-state index in [1.807, 2.05) is 0 Å². The van der Waals surface area contributed by atoms with E-state index in [9.17, 15) is 0 Å². The molecule has 1 aliphatic rings. The van der Waals surface area contributed by atoms with Gasteiger partial charge in [-0.25, -0.2) is 0 Å². The SMILES string of the molecule is COCOc1c(P(c2ccccc2)C2(C)C=CC(C)=C2C)cccc1C(C)(C)C. The van der Waals surface area contributed by atoms with Gasteiger partial charge in [0.2, 0.25) is 0 Å². The van der Waals surface area contributed by atoms with E-state index in [0.717, 1.165) is 5.75 Å². The van der Waals surface area contributed by atoms with Gasteiger partial charge in [-0.05, 0) is 39.4 Å². The van der Waals surface area contributed by atoms with E-state index in [4.69, 9.17) is 9.47 Å². The van der Waals surface area contributed by atoms with Gasteiger partial charge in [-0.2, -0.15) is 0 Å². The lowest BCUT2D eigenvalue weighted by atomic mass is 9.86. The van der Waals surface area contributed by atoms with E-state index < -0.39 is 7.92 Å². The van der Waals surface area contributed by atoms with Crippen LogP contribution in [0, 0.1) is 0 Å². The molecule has 3 heteroatoms. The van der Waals surface area contributed by atoms with Crippen LogP contribution in [-0.4, -0.2) is 19.1 Å². The average Bonchev–Trinajstić information content (AvgIpc) is 2.95. The van der Waals surface area contributed by atoms with Gasteiger partial charge < -0.3 is 9.47 Å². The quantitative estimate of drug-likeness (QED) is 0.427. The summed E-state index contributed by atoms with van der Waals surface area (Å²) in [7, 11) is 0.951. The van der Waals surface area contributed by atoms with E-state index in [0.29, 0.717) is 0 Å². The number of ether oxygens (including phenoxy) is 2. The Morgan fingerprint density at radius 3 is 2.21 bits per heavy atom. The van der Waals surface area contributed by atoms with Crippen LogP contribution in [0.3, 0.4) is 0 Å². The van der Waals surface area contributed by atoms with Crippen LogP contribution in [0.1, 0.15) is 47.1 Å². The first-order valence-electron chi connectivity index (χ1n) is 10.2. The molecular formula is C26H33O2P. The highest BCUT2D eigenvalue weighted by atomic mass is 31.1. The van der Waals surface area contributed by atoms with Gasteiger partial charge in [-0.1, -0.05) is 92.6 Å². The fourth-order valence-corrected chi connectivity index (χ4v) is 7.12. The molecule has 2 unspecified atom stereocenters. The Morgan fingerprint density at radius 2 is 1.66 bits per heavy atom. The molecule has 0 fully saturated rings. The molecule has 2 nitrogen and oxygen atoms in total. The lowest BCUT2D eigenvalue weighted by Crippen LogP contribution is -2.32. The van der Waals surface area contributed by atoms with Crippen LogP contribution in [0.15, 0.2) is 71.8 Å². The van der Waals surface area contributed by atoms with Crippen molar-refractivity contribution < 1.29 is 9.47 Å². The Labute approximate surface area is 177 Å². The molecule has 2 atom stereocenters. The van der Waals surface area contributed by atoms with E-state index in [1.165, 1.54) is 27.3 Å². The topological polar surface area (TPSA) is 18.5 Å². The summed E-state index contributed by atoms with van der Waals surface area (Å²) in [6.45, 7) is 13.8. The number of rotatable bonds is 6. The fourth-order valence-electron chi connectivity index (χ4n) is 3.97. The van der Waals surface area contributed by atoms with Gasteiger partial charge in [-0.15, -0.1) is 0 Å². The maximum Gasteiger partial charge on any atom is 0.188 e. The van der Waals surface area contributed by atoms with Crippen molar-refractivity contribution in [3.05, 3.63) is 77.4 Å². The second-order valence-corrected chi connectivity index (χ2v) is 11.5. The summed E-state index contributed by atoms with van der Waals surface area (Å²) in [5, 5.41) is 2.58. The van der Waals surface area contributed by atoms with Crippen molar-refractivity contribution >= 4 is 18.5 Å². The van der Waals surface area contributed by atoms with Crippen LogP contribution in [-0.2, 0) is 10.2 Å². The summed E-state index contributed by atoms with van der Waals surface area (Å²) in [5.74, 6) is 0.976. The van der Waals surface area contributed by atoms with Crippen molar-refractivity contribution in [3.8, 4) is 5.75 Å². The Kier molecular flexibility index (Phi) is 6.36. The highest BCUT2D eigenvalue weighted by Gasteiger charge is 2.40. The van der Waals surface area contributed by atoms with E-state index >= 15 is 0 Å². The third-order valence-corrected chi connectivity index (χ3v) is 8.91. The normalized spacial score (nSPS) is 20.2. The van der Waals surface area contributed by atoms with Crippen molar-refractivity contribution in [2.45, 2.75) is 52.1 Å². The van der Waals surface area contributed by atoms with Gasteiger partial charge in [0.1, 0.15) is 5.75 Å². The molecular weight excluding hydrogens is 375 g/mol. The monoisotopic (exact) mass is 408 g/mol. The number of allylic oxidation sites excluding steroid dienone is 4. The molecule has 154 valence electrons. The summed E-state index contributed by atoms with van der Waals surface area (Å²) in [6.07, 6.45) is 4.66. The van der Waals surface area contributed by atoms with Crippen molar-refractivity contribution in [1.82, 2.24) is 0 Å². The maximum absolute atomic E-state index is 6.27. The van der Waals surface area contributed by atoms with Crippen molar-refractivity contribution in [2.75, 3.05) is 13.9 Å². The highest BCUT2D eigenvalue weighted by molar-refractivity contribution is 7.75. The summed E-state index contributed by atoms with van der Waals surface area (Å²) >= 11 is 0. The van der Waals surface area contributed by atoms with Gasteiger partial charge in [0.15, 0.2) is 6.79 Å². The Morgan fingerprint density at radius 1 is 0.966 bits per heavy atom. The third-order valence-electron chi connectivity index (χ3n) is 5.85. The lowest BCUT2D eigenvalue weighted by Gasteiger charge is -2.38. The van der Waals surface area contributed by atoms with Crippen molar-refractivity contribution in [1.29, 1.82) is 0 Å². The number of benzene rings is 2. The number of hydrogen-bond donors (Lipinski definition) is 0. The second kappa shape index (κ2) is 8.46. The van der Waals surface area contributed by atoms with Crippen LogP contribution in [0.4, 0.5) is 0 Å². The third kappa shape index (κ3) is 4.20. The lowest BCUT2D eigenvalue weighted by molar-refractivity contribution is 0.0506. The maximum atomic E-state index is 6.27. The van der Waals surface area contributed by atoms with Crippen LogP contribution in [0.25, 0.3) is 0 Å². The zero-order chi connectivity index (χ0) is 21.2. The molecule has 0 saturated heterocycles. The summed E-state index contributed by atoms with van der Waals surface area (Å²) in [4.78, 5) is 0. The number of hydrogen-bond acceptors (Lipinski definition) is 2. The molecule has 1 aliphatic carbocycles. The van der Waals surface area contributed by atoms with Crippen LogP contribution in [0.5, 0.6) is 5.75 Å². The average molecular weight is 409 g/mol. The van der Waals surface area contributed by atoms with E-state index in [2.05, 4.69) is 102 Å². The largest absolute Gasteiger partial charge is 0.467 e. The Balaban J connectivity index is 2.29. The molecule has 0 saturated carbocycles. The van der Waals surface area contributed by atoms with Crippen LogP contribution in [0.2, 0.25) is 0 Å². The zero-order valence-corrected chi connectivity index (χ0v) is 19.6. The molecule has 0 N–H and O–H groups in total. The molecule has 0 aliphatic heterocycles. The molecule has 2 aromatic rings. The zero-order valence-electron chi connectivity index (χ0n) is 18.7.